The van der Waals surface area contributed by atoms with Crippen LogP contribution < -0.4 is 0 Å². The fourth-order valence-electron chi connectivity index (χ4n) is 4.94. The van der Waals surface area contributed by atoms with Crippen LogP contribution in [0, 0.1) is 13.8 Å². The van der Waals surface area contributed by atoms with Gasteiger partial charge in [0, 0.05) is 5.92 Å². The maximum Gasteiger partial charge on any atom is 0.0287 e. The fourth-order valence-corrected chi connectivity index (χ4v) is 4.94. The summed E-state index contributed by atoms with van der Waals surface area (Å²) >= 11 is 0. The Morgan fingerprint density at radius 1 is 0.885 bits per heavy atom. The van der Waals surface area contributed by atoms with E-state index in [0.29, 0.717) is 5.92 Å². The molecule has 26 heavy (non-hydrogen) atoms. The Balaban J connectivity index is 1.58. The van der Waals surface area contributed by atoms with Gasteiger partial charge in [-0.3, -0.25) is 0 Å². The van der Waals surface area contributed by atoms with Gasteiger partial charge in [-0.05, 0) is 66.5 Å². The van der Waals surface area contributed by atoms with Crippen molar-refractivity contribution in [2.75, 3.05) is 0 Å². The second kappa shape index (κ2) is 7.43. The Labute approximate surface area is 159 Å². The SMILES string of the molecule is CCCCCCCCC1=CC2c3cc(C)ccc3-c3ccc(C)c(c32)C1. The van der Waals surface area contributed by atoms with Gasteiger partial charge in [0.25, 0.3) is 0 Å². The van der Waals surface area contributed by atoms with Gasteiger partial charge in [-0.1, -0.05) is 86.6 Å². The van der Waals surface area contributed by atoms with Crippen molar-refractivity contribution in [3.8, 4) is 11.1 Å². The van der Waals surface area contributed by atoms with Crippen LogP contribution in [-0.4, -0.2) is 0 Å². The van der Waals surface area contributed by atoms with E-state index in [9.17, 15) is 0 Å². The lowest BCUT2D eigenvalue weighted by molar-refractivity contribution is 0.602. The molecular formula is C26H32. The van der Waals surface area contributed by atoms with Crippen LogP contribution in [-0.2, 0) is 6.42 Å². The molecule has 2 aromatic rings. The number of rotatable bonds is 7. The number of fused-ring (bicyclic) bond motifs is 3. The largest absolute Gasteiger partial charge is 0.0731 e. The zero-order chi connectivity index (χ0) is 18.1. The van der Waals surface area contributed by atoms with Gasteiger partial charge >= 0.3 is 0 Å². The van der Waals surface area contributed by atoms with Gasteiger partial charge in [-0.15, -0.1) is 0 Å². The van der Waals surface area contributed by atoms with E-state index in [0.717, 1.165) is 0 Å². The molecule has 2 aliphatic carbocycles. The molecule has 0 saturated carbocycles. The topological polar surface area (TPSA) is 0 Å². The third-order valence-electron chi connectivity index (χ3n) is 6.39. The molecule has 136 valence electrons. The molecular weight excluding hydrogens is 312 g/mol. The van der Waals surface area contributed by atoms with Crippen molar-refractivity contribution < 1.29 is 0 Å². The highest BCUT2D eigenvalue weighted by Crippen LogP contribution is 2.51. The molecule has 2 aromatic carbocycles. The first-order valence-corrected chi connectivity index (χ1v) is 10.6. The van der Waals surface area contributed by atoms with Gasteiger partial charge < -0.3 is 0 Å². The molecule has 0 heterocycles. The van der Waals surface area contributed by atoms with Crippen LogP contribution in [0.1, 0.15) is 85.6 Å². The highest BCUT2D eigenvalue weighted by molar-refractivity contribution is 5.83. The molecule has 0 spiro atoms. The molecule has 0 radical (unpaired) electrons. The number of aryl methyl sites for hydroxylation is 2. The predicted molar refractivity (Wildman–Crippen MR) is 113 cm³/mol. The number of benzene rings is 2. The number of hydrogen-bond acceptors (Lipinski definition) is 0. The summed E-state index contributed by atoms with van der Waals surface area (Å²) in [4.78, 5) is 0. The molecule has 1 unspecified atom stereocenters. The average molecular weight is 345 g/mol. The van der Waals surface area contributed by atoms with Crippen LogP contribution >= 0.6 is 0 Å². The Morgan fingerprint density at radius 3 is 2.50 bits per heavy atom. The van der Waals surface area contributed by atoms with E-state index in [4.69, 9.17) is 0 Å². The van der Waals surface area contributed by atoms with Crippen LogP contribution in [0.2, 0.25) is 0 Å². The van der Waals surface area contributed by atoms with E-state index in [2.05, 4.69) is 57.2 Å². The maximum absolute atomic E-state index is 2.61. The van der Waals surface area contributed by atoms with Crippen molar-refractivity contribution >= 4 is 0 Å². The molecule has 0 heteroatoms. The summed E-state index contributed by atoms with van der Waals surface area (Å²) in [5, 5.41) is 0. The summed E-state index contributed by atoms with van der Waals surface area (Å²) in [7, 11) is 0. The minimum absolute atomic E-state index is 0.499. The lowest BCUT2D eigenvalue weighted by Gasteiger charge is -2.24. The normalized spacial score (nSPS) is 17.0. The van der Waals surface area contributed by atoms with Crippen molar-refractivity contribution in [3.05, 3.63) is 69.8 Å². The van der Waals surface area contributed by atoms with Crippen molar-refractivity contribution in [3.63, 3.8) is 0 Å². The second-order valence-electron chi connectivity index (χ2n) is 8.41. The third-order valence-corrected chi connectivity index (χ3v) is 6.39. The minimum atomic E-state index is 0.499. The first-order chi connectivity index (χ1) is 12.7. The quantitative estimate of drug-likeness (QED) is 0.357. The lowest BCUT2D eigenvalue weighted by atomic mass is 9.80. The van der Waals surface area contributed by atoms with Crippen molar-refractivity contribution in [2.45, 2.75) is 78.1 Å². The van der Waals surface area contributed by atoms with Gasteiger partial charge in [-0.2, -0.15) is 0 Å². The molecule has 0 saturated heterocycles. The number of unbranched alkanes of at least 4 members (excludes halogenated alkanes) is 5. The summed E-state index contributed by atoms with van der Waals surface area (Å²) in [6, 6.07) is 11.7. The molecule has 1 atom stereocenters. The molecule has 0 bridgehead atoms. The Kier molecular flexibility index (Phi) is 5.02. The molecule has 0 N–H and O–H groups in total. The van der Waals surface area contributed by atoms with Crippen LogP contribution in [0.5, 0.6) is 0 Å². The average Bonchev–Trinajstić information content (AvgIpc) is 2.95. The van der Waals surface area contributed by atoms with Gasteiger partial charge in [0.2, 0.25) is 0 Å². The zero-order valence-corrected chi connectivity index (χ0v) is 16.7. The van der Waals surface area contributed by atoms with E-state index >= 15 is 0 Å². The highest BCUT2D eigenvalue weighted by Gasteiger charge is 2.33. The van der Waals surface area contributed by atoms with Crippen molar-refractivity contribution in [2.24, 2.45) is 0 Å². The molecule has 4 rings (SSSR count). The predicted octanol–water partition coefficient (Wildman–Crippen LogP) is 7.65. The van der Waals surface area contributed by atoms with E-state index in [1.165, 1.54) is 79.2 Å². The minimum Gasteiger partial charge on any atom is -0.0731 e. The van der Waals surface area contributed by atoms with Gasteiger partial charge in [0.15, 0.2) is 0 Å². The van der Waals surface area contributed by atoms with E-state index in [1.807, 2.05) is 0 Å². The fraction of sp³-hybridized carbons (Fsp3) is 0.462. The van der Waals surface area contributed by atoms with Gasteiger partial charge in [-0.25, -0.2) is 0 Å². The van der Waals surface area contributed by atoms with Gasteiger partial charge in [0.1, 0.15) is 0 Å². The third kappa shape index (κ3) is 3.15. The van der Waals surface area contributed by atoms with E-state index < -0.39 is 0 Å². The van der Waals surface area contributed by atoms with Crippen molar-refractivity contribution in [1.29, 1.82) is 0 Å². The standard InChI is InChI=1S/C26H32/c1-4-5-6-7-8-9-10-20-16-23-19(3)12-14-22-21-13-11-18(2)15-24(21)25(17-20)26(22)23/h11-15,17,25H,4-10,16H2,1-3H3. The van der Waals surface area contributed by atoms with Crippen molar-refractivity contribution in [1.82, 2.24) is 0 Å². The Hall–Kier alpha value is -1.82. The summed E-state index contributed by atoms with van der Waals surface area (Å²) in [6.45, 7) is 6.82. The maximum atomic E-state index is 2.61. The van der Waals surface area contributed by atoms with Crippen LogP contribution in [0.25, 0.3) is 11.1 Å². The Bertz CT molecular complexity index is 837. The summed E-state index contributed by atoms with van der Waals surface area (Å²) in [6.07, 6.45) is 13.4. The summed E-state index contributed by atoms with van der Waals surface area (Å²) in [5.74, 6) is 0.499. The molecule has 0 nitrogen and oxygen atoms in total. The molecule has 0 aliphatic heterocycles. The first-order valence-electron chi connectivity index (χ1n) is 10.6. The van der Waals surface area contributed by atoms with E-state index in [1.54, 1.807) is 16.7 Å². The highest BCUT2D eigenvalue weighted by atomic mass is 14.4. The number of hydrogen-bond donors (Lipinski definition) is 0. The Morgan fingerprint density at radius 2 is 1.65 bits per heavy atom. The van der Waals surface area contributed by atoms with Crippen LogP contribution in [0.3, 0.4) is 0 Å². The molecule has 0 amide bonds. The van der Waals surface area contributed by atoms with Gasteiger partial charge in [0.05, 0.1) is 0 Å². The summed E-state index contributed by atoms with van der Waals surface area (Å²) < 4.78 is 0. The lowest BCUT2D eigenvalue weighted by Crippen LogP contribution is -2.09. The molecule has 2 aliphatic rings. The van der Waals surface area contributed by atoms with Crippen LogP contribution in [0.15, 0.2) is 42.0 Å². The smallest absolute Gasteiger partial charge is 0.0287 e. The molecule has 0 fully saturated rings. The molecule has 0 aromatic heterocycles. The summed E-state index contributed by atoms with van der Waals surface area (Å²) in [5.41, 5.74) is 12.2. The number of allylic oxidation sites excluding steroid dienone is 2. The monoisotopic (exact) mass is 344 g/mol. The second-order valence-corrected chi connectivity index (χ2v) is 8.41. The van der Waals surface area contributed by atoms with E-state index in [-0.39, 0.29) is 0 Å². The zero-order valence-electron chi connectivity index (χ0n) is 16.7. The first kappa shape index (κ1) is 17.6. The van der Waals surface area contributed by atoms with Crippen LogP contribution in [0.4, 0.5) is 0 Å².